The average Bonchev–Trinajstić information content (AvgIpc) is 2.93. The first kappa shape index (κ1) is 13.0. The van der Waals surface area contributed by atoms with Gasteiger partial charge in [-0.2, -0.15) is 0 Å². The summed E-state index contributed by atoms with van der Waals surface area (Å²) in [5.74, 6) is -0.796. The van der Waals surface area contributed by atoms with E-state index < -0.39 is 5.97 Å². The lowest BCUT2D eigenvalue weighted by atomic mass is 10.2. The summed E-state index contributed by atoms with van der Waals surface area (Å²) in [5.41, 5.74) is 1.85. The molecule has 2 rings (SSSR count). The molecule has 2 heterocycles. The zero-order valence-electron chi connectivity index (χ0n) is 9.84. The quantitative estimate of drug-likeness (QED) is 0.852. The number of carboxylic acid groups (broad SMARTS) is 1. The van der Waals surface area contributed by atoms with E-state index in [1.165, 1.54) is 11.3 Å². The Morgan fingerprint density at radius 3 is 2.89 bits per heavy atom. The SMILES string of the molecule is Cc1csc(CNc2nc(CCC(=O)O)cs2)n1. The number of anilines is 1. The van der Waals surface area contributed by atoms with Gasteiger partial charge in [-0.05, 0) is 6.92 Å². The molecule has 0 fully saturated rings. The second-order valence-electron chi connectivity index (χ2n) is 3.77. The van der Waals surface area contributed by atoms with Crippen LogP contribution in [0.5, 0.6) is 0 Å². The summed E-state index contributed by atoms with van der Waals surface area (Å²) >= 11 is 3.10. The summed E-state index contributed by atoms with van der Waals surface area (Å²) in [6, 6.07) is 0. The van der Waals surface area contributed by atoms with Crippen LogP contribution in [0.25, 0.3) is 0 Å². The highest BCUT2D eigenvalue weighted by atomic mass is 32.1. The van der Waals surface area contributed by atoms with Crippen molar-refractivity contribution < 1.29 is 9.90 Å². The van der Waals surface area contributed by atoms with E-state index in [9.17, 15) is 4.79 Å². The van der Waals surface area contributed by atoms with Crippen molar-refractivity contribution in [3.8, 4) is 0 Å². The highest BCUT2D eigenvalue weighted by molar-refractivity contribution is 7.13. The van der Waals surface area contributed by atoms with Gasteiger partial charge in [-0.15, -0.1) is 22.7 Å². The van der Waals surface area contributed by atoms with E-state index in [2.05, 4.69) is 15.3 Å². The topological polar surface area (TPSA) is 75.1 Å². The highest BCUT2D eigenvalue weighted by Gasteiger charge is 2.05. The monoisotopic (exact) mass is 283 g/mol. The lowest BCUT2D eigenvalue weighted by Crippen LogP contribution is -2.00. The third kappa shape index (κ3) is 3.78. The number of aromatic nitrogens is 2. The van der Waals surface area contributed by atoms with Gasteiger partial charge in [0, 0.05) is 22.9 Å². The van der Waals surface area contributed by atoms with E-state index in [0.29, 0.717) is 13.0 Å². The third-order valence-corrected chi connectivity index (χ3v) is 4.02. The molecule has 0 saturated heterocycles. The number of carbonyl (C=O) groups is 1. The molecule has 0 aromatic carbocycles. The Hall–Kier alpha value is -1.47. The molecule has 0 atom stereocenters. The van der Waals surface area contributed by atoms with Gasteiger partial charge < -0.3 is 10.4 Å². The minimum atomic E-state index is -0.796. The number of carboxylic acids is 1. The smallest absolute Gasteiger partial charge is 0.303 e. The fraction of sp³-hybridized carbons (Fsp3) is 0.364. The number of thiazole rings is 2. The molecule has 18 heavy (non-hydrogen) atoms. The van der Waals surface area contributed by atoms with Crippen molar-refractivity contribution in [2.45, 2.75) is 26.3 Å². The van der Waals surface area contributed by atoms with Gasteiger partial charge in [0.25, 0.3) is 0 Å². The van der Waals surface area contributed by atoms with Crippen LogP contribution in [0.2, 0.25) is 0 Å². The predicted molar refractivity (Wildman–Crippen MR) is 72.2 cm³/mol. The normalized spacial score (nSPS) is 10.5. The molecule has 0 aliphatic heterocycles. The van der Waals surface area contributed by atoms with Crippen molar-refractivity contribution >= 4 is 33.8 Å². The minimum absolute atomic E-state index is 0.120. The zero-order chi connectivity index (χ0) is 13.0. The van der Waals surface area contributed by atoms with Crippen LogP contribution >= 0.6 is 22.7 Å². The predicted octanol–water partition coefficient (Wildman–Crippen LogP) is 2.54. The summed E-state index contributed by atoms with van der Waals surface area (Å²) in [4.78, 5) is 19.1. The number of rotatable bonds is 6. The van der Waals surface area contributed by atoms with Gasteiger partial charge in [0.1, 0.15) is 5.01 Å². The van der Waals surface area contributed by atoms with Crippen molar-refractivity contribution in [2.75, 3.05) is 5.32 Å². The fourth-order valence-electron chi connectivity index (χ4n) is 1.37. The van der Waals surface area contributed by atoms with Gasteiger partial charge in [0.05, 0.1) is 18.7 Å². The van der Waals surface area contributed by atoms with E-state index in [1.54, 1.807) is 11.3 Å². The van der Waals surface area contributed by atoms with Crippen LogP contribution in [0.15, 0.2) is 10.8 Å². The maximum absolute atomic E-state index is 10.4. The maximum Gasteiger partial charge on any atom is 0.303 e. The molecule has 0 bridgehead atoms. The standard InChI is InChI=1S/C11H13N3O2S2/c1-7-5-17-9(13-7)4-12-11-14-8(6-18-11)2-3-10(15)16/h5-6H,2-4H2,1H3,(H,12,14)(H,15,16). The van der Waals surface area contributed by atoms with Gasteiger partial charge in [-0.3, -0.25) is 4.79 Å². The van der Waals surface area contributed by atoms with Crippen LogP contribution in [0, 0.1) is 6.92 Å². The molecule has 0 spiro atoms. The van der Waals surface area contributed by atoms with Gasteiger partial charge in [-0.25, -0.2) is 9.97 Å². The first-order chi connectivity index (χ1) is 8.63. The second kappa shape index (κ2) is 5.92. The molecule has 0 amide bonds. The molecular formula is C11H13N3O2S2. The number of aryl methyl sites for hydroxylation is 2. The molecule has 2 N–H and O–H groups in total. The van der Waals surface area contributed by atoms with Crippen LogP contribution in [0.3, 0.4) is 0 Å². The van der Waals surface area contributed by atoms with E-state index >= 15 is 0 Å². The van der Waals surface area contributed by atoms with Crippen molar-refractivity contribution in [1.82, 2.24) is 9.97 Å². The number of nitrogens with one attached hydrogen (secondary N) is 1. The molecule has 2 aromatic rings. The molecule has 96 valence electrons. The largest absolute Gasteiger partial charge is 0.481 e. The zero-order valence-corrected chi connectivity index (χ0v) is 11.5. The lowest BCUT2D eigenvalue weighted by molar-refractivity contribution is -0.136. The minimum Gasteiger partial charge on any atom is -0.481 e. The molecule has 2 aromatic heterocycles. The van der Waals surface area contributed by atoms with Crippen LogP contribution in [0.4, 0.5) is 5.13 Å². The van der Waals surface area contributed by atoms with Crippen molar-refractivity contribution in [2.24, 2.45) is 0 Å². The molecule has 0 unspecified atom stereocenters. The number of hydrogen-bond acceptors (Lipinski definition) is 6. The molecule has 0 saturated carbocycles. The van der Waals surface area contributed by atoms with Crippen molar-refractivity contribution in [1.29, 1.82) is 0 Å². The van der Waals surface area contributed by atoms with Crippen LogP contribution in [-0.4, -0.2) is 21.0 Å². The summed E-state index contributed by atoms with van der Waals surface area (Å²) in [6.07, 6.45) is 0.596. The average molecular weight is 283 g/mol. The number of nitrogens with zero attached hydrogens (tertiary/aromatic N) is 2. The third-order valence-electron chi connectivity index (χ3n) is 2.20. The Balaban J connectivity index is 1.84. The molecule has 0 radical (unpaired) electrons. The molecule has 5 nitrogen and oxygen atoms in total. The maximum atomic E-state index is 10.4. The number of aliphatic carboxylic acids is 1. The van der Waals surface area contributed by atoms with E-state index in [-0.39, 0.29) is 6.42 Å². The number of hydrogen-bond donors (Lipinski definition) is 2. The Morgan fingerprint density at radius 1 is 1.39 bits per heavy atom. The van der Waals surface area contributed by atoms with Gasteiger partial charge >= 0.3 is 5.97 Å². The summed E-state index contributed by atoms with van der Waals surface area (Å²) in [6.45, 7) is 2.62. The Bertz CT molecular complexity index is 536. The van der Waals surface area contributed by atoms with Gasteiger partial charge in [0.15, 0.2) is 5.13 Å². The highest BCUT2D eigenvalue weighted by Crippen LogP contribution is 2.18. The van der Waals surface area contributed by atoms with Gasteiger partial charge in [0.2, 0.25) is 0 Å². The van der Waals surface area contributed by atoms with Crippen molar-refractivity contribution in [3.63, 3.8) is 0 Å². The first-order valence-electron chi connectivity index (χ1n) is 5.44. The fourth-order valence-corrected chi connectivity index (χ4v) is 2.83. The molecule has 7 heteroatoms. The van der Waals surface area contributed by atoms with Crippen LogP contribution in [-0.2, 0) is 17.8 Å². The van der Waals surface area contributed by atoms with E-state index in [0.717, 1.165) is 21.5 Å². The Kier molecular flexibility index (Phi) is 4.27. The Morgan fingerprint density at radius 2 is 2.22 bits per heavy atom. The Labute approximate surface area is 113 Å². The summed E-state index contributed by atoms with van der Waals surface area (Å²) in [5, 5.41) is 17.5. The molecule has 0 aliphatic rings. The van der Waals surface area contributed by atoms with Crippen LogP contribution < -0.4 is 5.32 Å². The second-order valence-corrected chi connectivity index (χ2v) is 5.57. The van der Waals surface area contributed by atoms with E-state index in [4.69, 9.17) is 5.11 Å². The first-order valence-corrected chi connectivity index (χ1v) is 7.20. The lowest BCUT2D eigenvalue weighted by Gasteiger charge is -1.98. The van der Waals surface area contributed by atoms with E-state index in [1.807, 2.05) is 17.7 Å². The summed E-state index contributed by atoms with van der Waals surface area (Å²) in [7, 11) is 0. The van der Waals surface area contributed by atoms with Gasteiger partial charge in [-0.1, -0.05) is 0 Å². The molecule has 0 aliphatic carbocycles. The summed E-state index contributed by atoms with van der Waals surface area (Å²) < 4.78 is 0. The van der Waals surface area contributed by atoms with Crippen LogP contribution in [0.1, 0.15) is 22.8 Å². The van der Waals surface area contributed by atoms with Crippen molar-refractivity contribution in [3.05, 3.63) is 27.2 Å². The molecular weight excluding hydrogens is 270 g/mol.